The van der Waals surface area contributed by atoms with Gasteiger partial charge in [-0.05, 0) is 173 Å². The molecule has 5 atom stereocenters. The highest BCUT2D eigenvalue weighted by Crippen LogP contribution is 2.45. The van der Waals surface area contributed by atoms with E-state index >= 15 is 0 Å². The molecule has 0 aromatic rings. The molecule has 5 unspecified atom stereocenters. The number of rotatable bonds is 81. The number of aliphatic hydroxyl groups is 1. The van der Waals surface area contributed by atoms with Gasteiger partial charge in [-0.2, -0.15) is 0 Å². The Morgan fingerprint density at radius 1 is 0.259 bits per heavy atom. The van der Waals surface area contributed by atoms with Crippen LogP contribution in [0, 0.1) is 0 Å². The Kier molecular flexibility index (Phi) is 79.6. The van der Waals surface area contributed by atoms with Gasteiger partial charge in [0, 0.05) is 25.7 Å². The second kappa shape index (κ2) is 83.6. The quantitative estimate of drug-likeness (QED) is 0.0169. The van der Waals surface area contributed by atoms with Crippen molar-refractivity contribution in [2.24, 2.45) is 0 Å². The fourth-order valence-electron chi connectivity index (χ4n) is 11.4. The second-order valence-corrected chi connectivity index (χ2v) is 31.6. The van der Waals surface area contributed by atoms with Crippen molar-refractivity contribution < 1.29 is 80.2 Å². The number of phosphoric acid groups is 2. The number of aliphatic hydroxyl groups excluding tert-OH is 1. The van der Waals surface area contributed by atoms with Crippen LogP contribution in [0.15, 0.2) is 158 Å². The second-order valence-electron chi connectivity index (χ2n) is 28.7. The molecule has 0 heterocycles. The van der Waals surface area contributed by atoms with Crippen molar-refractivity contribution in [3.05, 3.63) is 158 Å². The molecular formula is C93H156O17P2. The van der Waals surface area contributed by atoms with E-state index in [1.54, 1.807) is 0 Å². The summed E-state index contributed by atoms with van der Waals surface area (Å²) in [5.41, 5.74) is 0. The van der Waals surface area contributed by atoms with E-state index in [0.29, 0.717) is 25.7 Å². The first-order valence-electron chi connectivity index (χ1n) is 43.7. The number of carbonyl (C=O) groups excluding carboxylic acids is 4. The van der Waals surface area contributed by atoms with E-state index < -0.39 is 97.5 Å². The third-order valence-corrected chi connectivity index (χ3v) is 19.9. The van der Waals surface area contributed by atoms with E-state index in [2.05, 4.69) is 186 Å². The van der Waals surface area contributed by atoms with Gasteiger partial charge in [-0.1, -0.05) is 308 Å². The van der Waals surface area contributed by atoms with Gasteiger partial charge >= 0.3 is 39.5 Å². The third kappa shape index (κ3) is 82.7. The lowest BCUT2D eigenvalue weighted by Gasteiger charge is -2.21. The molecule has 0 aliphatic rings. The Morgan fingerprint density at radius 2 is 0.464 bits per heavy atom. The van der Waals surface area contributed by atoms with Crippen molar-refractivity contribution in [3.8, 4) is 0 Å². The van der Waals surface area contributed by atoms with Crippen LogP contribution < -0.4 is 0 Å². The number of esters is 4. The number of unbranched alkanes of at least 4 members (excludes halogenated alkanes) is 29. The summed E-state index contributed by atoms with van der Waals surface area (Å²) in [5, 5.41) is 10.7. The molecule has 0 aliphatic heterocycles. The van der Waals surface area contributed by atoms with Gasteiger partial charge < -0.3 is 33.8 Å². The minimum atomic E-state index is -5.00. The van der Waals surface area contributed by atoms with E-state index in [-0.39, 0.29) is 25.7 Å². The lowest BCUT2D eigenvalue weighted by molar-refractivity contribution is -0.161. The smallest absolute Gasteiger partial charge is 0.462 e. The SMILES string of the molecule is CC/C=C\C/C=C\C/C=C\C/C=C\CCCCCCCCC(=O)OCC(COP(=O)(O)OCC(O)COP(=O)(O)OCC(COC(=O)CCCCCCCC/C=C\C/C=C\C/C=C\CCCCC)OC(=O)CCCCCCC/C=C\C/C=C\CCCCC)OC(=O)CCCCCCCC/C=C\C/C=C\C/C=C\C/C=C\CC. The highest BCUT2D eigenvalue weighted by molar-refractivity contribution is 7.47. The Hall–Kier alpha value is -5.32. The van der Waals surface area contributed by atoms with Gasteiger partial charge in [-0.25, -0.2) is 9.13 Å². The van der Waals surface area contributed by atoms with Crippen LogP contribution in [0.1, 0.15) is 349 Å². The molecule has 0 saturated heterocycles. The van der Waals surface area contributed by atoms with Crippen LogP contribution in [-0.2, 0) is 65.4 Å². The van der Waals surface area contributed by atoms with E-state index in [0.717, 1.165) is 231 Å². The molecule has 0 aromatic heterocycles. The lowest BCUT2D eigenvalue weighted by atomic mass is 10.1. The monoisotopic (exact) mass is 1610 g/mol. The van der Waals surface area contributed by atoms with Gasteiger partial charge in [-0.3, -0.25) is 37.3 Å². The maximum absolute atomic E-state index is 13.2. The molecule has 0 saturated carbocycles. The summed E-state index contributed by atoms with van der Waals surface area (Å²) in [6.07, 6.45) is 99.0. The minimum absolute atomic E-state index is 0.0700. The van der Waals surface area contributed by atoms with Crippen molar-refractivity contribution in [2.75, 3.05) is 39.6 Å². The molecule has 0 radical (unpaired) electrons. The first kappa shape index (κ1) is 107. The lowest BCUT2D eigenvalue weighted by Crippen LogP contribution is -2.30. The molecule has 0 spiro atoms. The topological polar surface area (TPSA) is 237 Å². The molecule has 0 bridgehead atoms. The van der Waals surface area contributed by atoms with Gasteiger partial charge in [0.1, 0.15) is 19.3 Å². The minimum Gasteiger partial charge on any atom is -0.462 e. The average Bonchev–Trinajstić information content (AvgIpc) is 0.898. The van der Waals surface area contributed by atoms with Gasteiger partial charge in [0.15, 0.2) is 12.2 Å². The summed E-state index contributed by atoms with van der Waals surface area (Å²) in [6.45, 7) is 4.57. The summed E-state index contributed by atoms with van der Waals surface area (Å²) in [6, 6.07) is 0. The Balaban J connectivity index is 5.43. The van der Waals surface area contributed by atoms with E-state index in [4.69, 9.17) is 37.0 Å². The van der Waals surface area contributed by atoms with Gasteiger partial charge in [0.2, 0.25) is 0 Å². The molecule has 0 aliphatic carbocycles. The number of hydrogen-bond acceptors (Lipinski definition) is 15. The first-order chi connectivity index (χ1) is 54.7. The maximum atomic E-state index is 13.2. The van der Waals surface area contributed by atoms with Crippen molar-refractivity contribution in [1.82, 2.24) is 0 Å². The van der Waals surface area contributed by atoms with Crippen LogP contribution in [0.4, 0.5) is 0 Å². The zero-order valence-electron chi connectivity index (χ0n) is 70.3. The summed E-state index contributed by atoms with van der Waals surface area (Å²) >= 11 is 0. The van der Waals surface area contributed by atoms with Crippen LogP contribution in [-0.4, -0.2) is 96.7 Å². The average molecular weight is 1610 g/mol. The van der Waals surface area contributed by atoms with Gasteiger partial charge in [0.05, 0.1) is 26.4 Å². The summed E-state index contributed by atoms with van der Waals surface area (Å²) < 4.78 is 68.9. The predicted octanol–water partition coefficient (Wildman–Crippen LogP) is 26.3. The first-order valence-corrected chi connectivity index (χ1v) is 46.7. The van der Waals surface area contributed by atoms with Crippen molar-refractivity contribution in [3.63, 3.8) is 0 Å². The van der Waals surface area contributed by atoms with Crippen LogP contribution in [0.25, 0.3) is 0 Å². The summed E-state index contributed by atoms with van der Waals surface area (Å²) in [5.74, 6) is -2.23. The van der Waals surface area contributed by atoms with E-state index in [9.17, 15) is 43.2 Å². The van der Waals surface area contributed by atoms with E-state index in [1.807, 2.05) is 0 Å². The van der Waals surface area contributed by atoms with Gasteiger partial charge in [-0.15, -0.1) is 0 Å². The van der Waals surface area contributed by atoms with Crippen LogP contribution in [0.2, 0.25) is 0 Å². The molecule has 0 amide bonds. The van der Waals surface area contributed by atoms with Crippen LogP contribution in [0.3, 0.4) is 0 Å². The van der Waals surface area contributed by atoms with Crippen molar-refractivity contribution in [1.29, 1.82) is 0 Å². The summed E-state index contributed by atoms with van der Waals surface area (Å²) in [7, 11) is -10.00. The molecule has 112 heavy (non-hydrogen) atoms. The molecule has 640 valence electrons. The summed E-state index contributed by atoms with van der Waals surface area (Å²) in [4.78, 5) is 73.4. The Morgan fingerprint density at radius 3 is 0.714 bits per heavy atom. The van der Waals surface area contributed by atoms with Crippen LogP contribution in [0.5, 0.6) is 0 Å². The van der Waals surface area contributed by atoms with Crippen molar-refractivity contribution >= 4 is 39.5 Å². The predicted molar refractivity (Wildman–Crippen MR) is 464 cm³/mol. The molecule has 0 aromatic carbocycles. The Labute approximate surface area is 680 Å². The zero-order chi connectivity index (χ0) is 81.7. The largest absolute Gasteiger partial charge is 0.472 e. The fraction of sp³-hybridized carbons (Fsp3) is 0.677. The third-order valence-electron chi connectivity index (χ3n) is 18.0. The number of carbonyl (C=O) groups is 4. The fourth-order valence-corrected chi connectivity index (χ4v) is 12.9. The van der Waals surface area contributed by atoms with E-state index in [1.165, 1.54) is 38.5 Å². The molecule has 19 heteroatoms. The highest BCUT2D eigenvalue weighted by Gasteiger charge is 2.30. The van der Waals surface area contributed by atoms with Crippen LogP contribution >= 0.6 is 15.6 Å². The number of phosphoric ester groups is 2. The van der Waals surface area contributed by atoms with Gasteiger partial charge in [0.25, 0.3) is 0 Å². The maximum Gasteiger partial charge on any atom is 0.472 e. The Bertz CT molecular complexity index is 2740. The molecular weight excluding hydrogens is 1450 g/mol. The standard InChI is InChI=1S/C93H156O17P2/c1-5-9-13-17-21-25-29-33-37-40-43-46-50-53-57-61-65-69-73-77-90(95)103-83-88(109-92(97)79-75-71-67-63-59-55-49-36-32-28-24-20-16-12-8-4)85-107-111(99,100)105-81-87(94)82-106-112(101,102)108-86-89(110-93(98)80-76-72-68-64-60-56-52-48-45-42-39-35-31-27-23-19-15-11-7-3)84-104-91(96)78-74-70-66-62-58-54-51-47-44-41-38-34-30-26-22-18-14-10-6-2/h10-11,14-15,21-28,33-39,43-49,87-89,94H,5-9,12-13,16-20,29-32,40-42,50-86H2,1-4H3,(H,99,100)(H,101,102)/b14-10-,15-11-,25-21-,26-22-,27-23-,28-24-,37-33-,38-34-,39-35-,46-43-,47-44-,48-45-,49-36-. The normalized spacial score (nSPS) is 14.5. The molecule has 0 fully saturated rings. The van der Waals surface area contributed by atoms with Crippen molar-refractivity contribution in [2.45, 2.75) is 367 Å². The highest BCUT2D eigenvalue weighted by atomic mass is 31.2. The number of ether oxygens (including phenoxy) is 4. The zero-order valence-corrected chi connectivity index (χ0v) is 72.1. The molecule has 0 rings (SSSR count). The molecule has 3 N–H and O–H groups in total. The number of allylic oxidation sites excluding steroid dienone is 26. The molecule has 17 nitrogen and oxygen atoms in total. The number of hydrogen-bond donors (Lipinski definition) is 3.